The van der Waals surface area contributed by atoms with Gasteiger partial charge in [-0.3, -0.25) is 4.79 Å². The first-order chi connectivity index (χ1) is 10.6. The van der Waals surface area contributed by atoms with Crippen molar-refractivity contribution in [2.75, 3.05) is 44.3 Å². The van der Waals surface area contributed by atoms with Crippen LogP contribution in [0.2, 0.25) is 0 Å². The lowest BCUT2D eigenvalue weighted by Crippen LogP contribution is -2.41. The zero-order chi connectivity index (χ0) is 15.9. The molecule has 4 N–H and O–H groups in total. The predicted molar refractivity (Wildman–Crippen MR) is 89.2 cm³/mol. The quantitative estimate of drug-likeness (QED) is 0.662. The summed E-state index contributed by atoms with van der Waals surface area (Å²) in [6.07, 6.45) is 2.54. The maximum Gasteiger partial charge on any atom is 0.242 e. The monoisotopic (exact) mass is 306 g/mol. The van der Waals surface area contributed by atoms with Crippen molar-refractivity contribution in [1.29, 1.82) is 0 Å². The van der Waals surface area contributed by atoms with Gasteiger partial charge in [0.25, 0.3) is 0 Å². The Balaban J connectivity index is 1.77. The number of methoxy groups -OCH3 is 1. The minimum atomic E-state index is -0.313. The molecule has 0 radical (unpaired) electrons. The van der Waals surface area contributed by atoms with Gasteiger partial charge >= 0.3 is 0 Å². The van der Waals surface area contributed by atoms with Gasteiger partial charge in [-0.25, -0.2) is 0 Å². The van der Waals surface area contributed by atoms with Crippen molar-refractivity contribution >= 4 is 17.3 Å². The maximum absolute atomic E-state index is 12.1. The molecule has 1 amide bonds. The number of anilines is 2. The van der Waals surface area contributed by atoms with Crippen molar-refractivity contribution in [3.05, 3.63) is 18.2 Å². The van der Waals surface area contributed by atoms with E-state index < -0.39 is 0 Å². The molecule has 1 fully saturated rings. The highest BCUT2D eigenvalue weighted by Crippen LogP contribution is 2.25. The molecule has 1 atom stereocenters. The number of benzene rings is 1. The van der Waals surface area contributed by atoms with E-state index in [1.807, 2.05) is 13.0 Å². The second-order valence-electron chi connectivity index (χ2n) is 5.66. The molecular weight excluding hydrogens is 280 g/mol. The van der Waals surface area contributed by atoms with Crippen LogP contribution in [0.5, 0.6) is 5.75 Å². The van der Waals surface area contributed by atoms with E-state index in [2.05, 4.69) is 15.5 Å². The summed E-state index contributed by atoms with van der Waals surface area (Å²) in [5.74, 6) is 0.599. The molecule has 122 valence electrons. The fourth-order valence-corrected chi connectivity index (χ4v) is 2.61. The molecule has 6 heteroatoms. The molecule has 22 heavy (non-hydrogen) atoms. The number of nitrogen functional groups attached to an aromatic ring is 1. The maximum atomic E-state index is 12.1. The van der Waals surface area contributed by atoms with E-state index in [1.165, 1.54) is 12.8 Å². The molecule has 6 nitrogen and oxygen atoms in total. The highest BCUT2D eigenvalue weighted by atomic mass is 16.5. The first-order valence-corrected chi connectivity index (χ1v) is 7.80. The van der Waals surface area contributed by atoms with Gasteiger partial charge in [0.1, 0.15) is 11.8 Å². The van der Waals surface area contributed by atoms with Gasteiger partial charge in [-0.1, -0.05) is 0 Å². The number of likely N-dealkylation sites (tertiary alicyclic amines) is 1. The van der Waals surface area contributed by atoms with E-state index in [-0.39, 0.29) is 11.9 Å². The second kappa shape index (κ2) is 7.89. The van der Waals surface area contributed by atoms with Crippen LogP contribution in [0.15, 0.2) is 18.2 Å². The zero-order valence-electron chi connectivity index (χ0n) is 13.4. The molecule has 1 aromatic carbocycles. The summed E-state index contributed by atoms with van der Waals surface area (Å²) in [5, 5.41) is 6.13. The normalized spacial score (nSPS) is 16.3. The Hall–Kier alpha value is -1.95. The molecule has 0 aliphatic carbocycles. The Morgan fingerprint density at radius 1 is 1.41 bits per heavy atom. The van der Waals surface area contributed by atoms with Crippen LogP contribution in [0.1, 0.15) is 19.8 Å². The number of rotatable bonds is 7. The molecule has 0 spiro atoms. The van der Waals surface area contributed by atoms with Crippen LogP contribution < -0.4 is 21.1 Å². The highest BCUT2D eigenvalue weighted by Gasteiger charge is 2.15. The molecule has 0 bridgehead atoms. The number of nitrogens with zero attached hydrogens (tertiary/aromatic N) is 1. The number of amides is 1. The molecule has 2 rings (SSSR count). The minimum absolute atomic E-state index is 0.00464. The fourth-order valence-electron chi connectivity index (χ4n) is 2.61. The van der Waals surface area contributed by atoms with Crippen molar-refractivity contribution in [2.24, 2.45) is 0 Å². The van der Waals surface area contributed by atoms with E-state index in [9.17, 15) is 4.79 Å². The van der Waals surface area contributed by atoms with Crippen molar-refractivity contribution in [3.63, 3.8) is 0 Å². The molecule has 1 aliphatic rings. The topological polar surface area (TPSA) is 79.6 Å². The summed E-state index contributed by atoms with van der Waals surface area (Å²) < 4.78 is 5.18. The number of carbonyl (C=O) groups is 1. The predicted octanol–water partition coefficient (Wildman–Crippen LogP) is 1.29. The molecule has 0 unspecified atom stereocenters. The molecular formula is C16H26N4O2. The Kier molecular flexibility index (Phi) is 5.89. The average molecular weight is 306 g/mol. The lowest BCUT2D eigenvalue weighted by atomic mass is 10.2. The summed E-state index contributed by atoms with van der Waals surface area (Å²) >= 11 is 0. The van der Waals surface area contributed by atoms with Crippen LogP contribution in [0.4, 0.5) is 11.4 Å². The van der Waals surface area contributed by atoms with Crippen LogP contribution in [-0.4, -0.2) is 50.1 Å². The van der Waals surface area contributed by atoms with Crippen LogP contribution in [0.3, 0.4) is 0 Å². The van der Waals surface area contributed by atoms with E-state index in [0.29, 0.717) is 18.0 Å². The molecule has 1 saturated heterocycles. The van der Waals surface area contributed by atoms with Gasteiger partial charge in [-0.05, 0) is 45.0 Å². The summed E-state index contributed by atoms with van der Waals surface area (Å²) in [6.45, 7) is 5.75. The molecule has 1 aromatic rings. The van der Waals surface area contributed by atoms with Crippen LogP contribution in [-0.2, 0) is 4.79 Å². The third-order valence-electron chi connectivity index (χ3n) is 3.94. The first-order valence-electron chi connectivity index (χ1n) is 7.80. The van der Waals surface area contributed by atoms with E-state index in [1.54, 1.807) is 19.2 Å². The Morgan fingerprint density at radius 3 is 2.82 bits per heavy atom. The van der Waals surface area contributed by atoms with Gasteiger partial charge in [0.05, 0.1) is 12.8 Å². The molecule has 1 heterocycles. The van der Waals surface area contributed by atoms with Crippen molar-refractivity contribution in [3.8, 4) is 5.75 Å². The summed E-state index contributed by atoms with van der Waals surface area (Å²) in [4.78, 5) is 14.5. The van der Waals surface area contributed by atoms with Crippen LogP contribution in [0.25, 0.3) is 0 Å². The van der Waals surface area contributed by atoms with Gasteiger partial charge in [0.15, 0.2) is 0 Å². The standard InChI is InChI=1S/C16H26N4O2/c1-12(16(21)18-7-10-20-8-3-4-9-20)19-13-5-6-14(17)15(11-13)22-2/h5-6,11-12,19H,3-4,7-10,17H2,1-2H3,(H,18,21)/t12-/m0/s1. The van der Waals surface area contributed by atoms with Crippen LogP contribution >= 0.6 is 0 Å². The SMILES string of the molecule is COc1cc(N[C@@H](C)C(=O)NCCN2CCCC2)ccc1N. The average Bonchev–Trinajstić information content (AvgIpc) is 3.02. The van der Waals surface area contributed by atoms with E-state index in [4.69, 9.17) is 10.5 Å². The lowest BCUT2D eigenvalue weighted by molar-refractivity contribution is -0.121. The molecule has 0 saturated carbocycles. The summed E-state index contributed by atoms with van der Waals surface area (Å²) in [5.41, 5.74) is 7.17. The van der Waals surface area contributed by atoms with Crippen LogP contribution in [0, 0.1) is 0 Å². The number of nitrogens with two attached hydrogens (primary N) is 1. The van der Waals surface area contributed by atoms with Crippen molar-refractivity contribution in [1.82, 2.24) is 10.2 Å². The third kappa shape index (κ3) is 4.53. The smallest absolute Gasteiger partial charge is 0.242 e. The lowest BCUT2D eigenvalue weighted by Gasteiger charge is -2.18. The minimum Gasteiger partial charge on any atom is -0.495 e. The van der Waals surface area contributed by atoms with Crippen molar-refractivity contribution < 1.29 is 9.53 Å². The fraction of sp³-hybridized carbons (Fsp3) is 0.562. The van der Waals surface area contributed by atoms with Gasteiger partial charge < -0.3 is 26.0 Å². The van der Waals surface area contributed by atoms with Gasteiger partial charge in [-0.15, -0.1) is 0 Å². The molecule has 1 aliphatic heterocycles. The number of hydrogen-bond donors (Lipinski definition) is 3. The number of ether oxygens (including phenoxy) is 1. The molecule has 0 aromatic heterocycles. The first kappa shape index (κ1) is 16.4. The summed E-state index contributed by atoms with van der Waals surface area (Å²) in [6, 6.07) is 5.08. The number of hydrogen-bond acceptors (Lipinski definition) is 5. The number of nitrogens with one attached hydrogen (secondary N) is 2. The highest BCUT2D eigenvalue weighted by molar-refractivity contribution is 5.84. The Morgan fingerprint density at radius 2 is 2.14 bits per heavy atom. The zero-order valence-corrected chi connectivity index (χ0v) is 13.4. The second-order valence-corrected chi connectivity index (χ2v) is 5.66. The third-order valence-corrected chi connectivity index (χ3v) is 3.94. The van der Waals surface area contributed by atoms with Crippen molar-refractivity contribution in [2.45, 2.75) is 25.8 Å². The largest absolute Gasteiger partial charge is 0.495 e. The van der Waals surface area contributed by atoms with Gasteiger partial charge in [-0.2, -0.15) is 0 Å². The Bertz CT molecular complexity index is 501. The summed E-state index contributed by atoms with van der Waals surface area (Å²) in [7, 11) is 1.57. The Labute approximate surface area is 132 Å². The van der Waals surface area contributed by atoms with Gasteiger partial charge in [0, 0.05) is 24.8 Å². The van der Waals surface area contributed by atoms with E-state index in [0.717, 1.165) is 25.3 Å². The number of carbonyl (C=O) groups excluding carboxylic acids is 1. The van der Waals surface area contributed by atoms with Gasteiger partial charge in [0.2, 0.25) is 5.91 Å². The van der Waals surface area contributed by atoms with E-state index >= 15 is 0 Å².